The van der Waals surface area contributed by atoms with E-state index < -0.39 is 5.97 Å². The van der Waals surface area contributed by atoms with Gasteiger partial charge in [-0.3, -0.25) is 0 Å². The molecular formula is C22H22N2O3. The number of carboxylic acid groups (broad SMARTS) is 1. The third kappa shape index (κ3) is 3.45. The van der Waals surface area contributed by atoms with Gasteiger partial charge in [-0.2, -0.15) is 5.10 Å². The molecule has 0 fully saturated rings. The molecule has 4 rings (SSSR count). The third-order valence-electron chi connectivity index (χ3n) is 4.88. The molecule has 3 aromatic rings. The minimum absolute atomic E-state index is 0.258. The summed E-state index contributed by atoms with van der Waals surface area (Å²) in [6.45, 7) is 2.94. The number of fused-ring (bicyclic) bond motifs is 3. The van der Waals surface area contributed by atoms with Gasteiger partial charge >= 0.3 is 5.97 Å². The van der Waals surface area contributed by atoms with Gasteiger partial charge in [-0.1, -0.05) is 25.8 Å². The number of hydrogen-bond acceptors (Lipinski definition) is 3. The van der Waals surface area contributed by atoms with Crippen LogP contribution < -0.4 is 4.74 Å². The highest BCUT2D eigenvalue weighted by molar-refractivity contribution is 5.88. The van der Waals surface area contributed by atoms with Crippen molar-refractivity contribution in [2.24, 2.45) is 0 Å². The summed E-state index contributed by atoms with van der Waals surface area (Å²) in [7, 11) is 0. The summed E-state index contributed by atoms with van der Waals surface area (Å²) in [5.74, 6) is -0.0228. The number of unbranched alkanes of at least 4 members (excludes halogenated alkanes) is 2. The fourth-order valence-corrected chi connectivity index (χ4v) is 3.46. The normalized spacial score (nSPS) is 11.9. The van der Waals surface area contributed by atoms with Crippen molar-refractivity contribution in [3.05, 3.63) is 65.4 Å². The molecule has 0 radical (unpaired) electrons. The van der Waals surface area contributed by atoms with Gasteiger partial charge in [-0.15, -0.1) is 0 Å². The number of carbonyl (C=O) groups is 1. The fraction of sp³-hybridized carbons (Fsp3) is 0.273. The topological polar surface area (TPSA) is 64.3 Å². The van der Waals surface area contributed by atoms with E-state index >= 15 is 0 Å². The molecule has 1 aliphatic carbocycles. The van der Waals surface area contributed by atoms with Crippen molar-refractivity contribution in [3.8, 4) is 22.7 Å². The summed E-state index contributed by atoms with van der Waals surface area (Å²) in [4.78, 5) is 11.2. The van der Waals surface area contributed by atoms with Gasteiger partial charge in [0, 0.05) is 23.7 Å². The number of aromatic nitrogens is 2. The smallest absolute Gasteiger partial charge is 0.335 e. The van der Waals surface area contributed by atoms with Gasteiger partial charge in [0.2, 0.25) is 0 Å². The van der Waals surface area contributed by atoms with E-state index in [2.05, 4.69) is 19.1 Å². The fourth-order valence-electron chi connectivity index (χ4n) is 3.46. The Hall–Kier alpha value is -3.08. The highest BCUT2D eigenvalue weighted by Gasteiger charge is 2.23. The van der Waals surface area contributed by atoms with Gasteiger partial charge in [0.1, 0.15) is 5.75 Å². The van der Waals surface area contributed by atoms with Crippen molar-refractivity contribution in [2.45, 2.75) is 32.6 Å². The van der Waals surface area contributed by atoms with Crippen molar-refractivity contribution in [3.63, 3.8) is 0 Å². The van der Waals surface area contributed by atoms with E-state index in [1.807, 2.05) is 18.3 Å². The van der Waals surface area contributed by atoms with Crippen LogP contribution in [-0.2, 0) is 6.42 Å². The lowest BCUT2D eigenvalue weighted by molar-refractivity contribution is 0.0697. The molecule has 138 valence electrons. The molecule has 1 N–H and O–H groups in total. The van der Waals surface area contributed by atoms with E-state index in [1.54, 1.807) is 22.9 Å². The number of hydrogen-bond donors (Lipinski definition) is 1. The standard InChI is InChI=1S/C22H22N2O3/c1-2-3-4-10-27-19-8-9-20-16(13-19)11-17-14-24(23-21(17)20)18-7-5-6-15(12-18)22(25)26/h5-9,12-14H,2-4,10-11H2,1H3,(H,25,26). The van der Waals surface area contributed by atoms with Crippen LogP contribution in [0.4, 0.5) is 0 Å². The Balaban J connectivity index is 1.56. The molecule has 2 aromatic carbocycles. The van der Waals surface area contributed by atoms with Crippen LogP contribution in [-0.4, -0.2) is 27.5 Å². The second-order valence-electron chi connectivity index (χ2n) is 6.85. The second kappa shape index (κ2) is 7.27. The van der Waals surface area contributed by atoms with Crippen LogP contribution in [0.15, 0.2) is 48.7 Å². The lowest BCUT2D eigenvalue weighted by atomic mass is 10.1. The number of aromatic carboxylic acids is 1. The summed E-state index contributed by atoms with van der Waals surface area (Å²) < 4.78 is 7.62. The average molecular weight is 362 g/mol. The molecule has 1 aliphatic rings. The second-order valence-corrected chi connectivity index (χ2v) is 6.85. The Morgan fingerprint density at radius 1 is 1.19 bits per heavy atom. The van der Waals surface area contributed by atoms with E-state index in [0.29, 0.717) is 0 Å². The van der Waals surface area contributed by atoms with E-state index in [4.69, 9.17) is 9.84 Å². The first-order valence-electron chi connectivity index (χ1n) is 9.34. The number of rotatable bonds is 7. The number of carboxylic acids is 1. The van der Waals surface area contributed by atoms with Gasteiger partial charge < -0.3 is 9.84 Å². The zero-order chi connectivity index (χ0) is 18.8. The summed E-state index contributed by atoms with van der Waals surface area (Å²) >= 11 is 0. The maximum absolute atomic E-state index is 11.2. The number of benzene rings is 2. The molecule has 5 heteroatoms. The zero-order valence-electron chi connectivity index (χ0n) is 15.3. The van der Waals surface area contributed by atoms with Gasteiger partial charge in [0.15, 0.2) is 0 Å². The molecular weight excluding hydrogens is 340 g/mol. The largest absolute Gasteiger partial charge is 0.494 e. The molecule has 0 saturated heterocycles. The molecule has 0 spiro atoms. The van der Waals surface area contributed by atoms with Gasteiger partial charge in [0.05, 0.1) is 23.6 Å². The maximum atomic E-state index is 11.2. The van der Waals surface area contributed by atoms with Crippen LogP contribution in [0.2, 0.25) is 0 Å². The predicted molar refractivity (Wildman–Crippen MR) is 104 cm³/mol. The quantitative estimate of drug-likeness (QED) is 0.484. The lowest BCUT2D eigenvalue weighted by Gasteiger charge is -2.08. The molecule has 0 bridgehead atoms. The molecule has 1 aromatic heterocycles. The first-order valence-corrected chi connectivity index (χ1v) is 9.34. The summed E-state index contributed by atoms with van der Waals surface area (Å²) in [5, 5.41) is 13.9. The number of ether oxygens (including phenoxy) is 1. The molecule has 0 amide bonds. The highest BCUT2D eigenvalue weighted by atomic mass is 16.5. The summed E-state index contributed by atoms with van der Waals surface area (Å²) in [6, 6.07) is 13.0. The van der Waals surface area contributed by atoms with E-state index in [0.717, 1.165) is 47.7 Å². The van der Waals surface area contributed by atoms with Crippen molar-refractivity contribution in [2.75, 3.05) is 6.61 Å². The average Bonchev–Trinajstić information content (AvgIpc) is 3.23. The molecule has 1 heterocycles. The SMILES string of the molecule is CCCCCOc1ccc2c(c1)Cc1cn(-c3cccc(C(=O)O)c3)nc1-2. The zero-order valence-corrected chi connectivity index (χ0v) is 15.3. The van der Waals surface area contributed by atoms with Crippen LogP contribution in [0, 0.1) is 0 Å². The van der Waals surface area contributed by atoms with Gasteiger partial charge in [0.25, 0.3) is 0 Å². The van der Waals surface area contributed by atoms with Crippen molar-refractivity contribution in [1.82, 2.24) is 9.78 Å². The first kappa shape index (κ1) is 17.3. The Kier molecular flexibility index (Phi) is 4.67. The maximum Gasteiger partial charge on any atom is 0.335 e. The Labute approximate surface area is 158 Å². The van der Waals surface area contributed by atoms with E-state index in [1.165, 1.54) is 18.4 Å². The van der Waals surface area contributed by atoms with Crippen LogP contribution >= 0.6 is 0 Å². The summed E-state index contributed by atoms with van der Waals surface area (Å²) in [6.07, 6.45) is 6.25. The van der Waals surface area contributed by atoms with Gasteiger partial charge in [-0.05, 0) is 48.4 Å². The molecule has 0 unspecified atom stereocenters. The van der Waals surface area contributed by atoms with Crippen molar-refractivity contribution >= 4 is 5.97 Å². The lowest BCUT2D eigenvalue weighted by Crippen LogP contribution is -2.01. The summed E-state index contributed by atoms with van der Waals surface area (Å²) in [5.41, 5.74) is 5.47. The molecule has 0 saturated carbocycles. The highest BCUT2D eigenvalue weighted by Crippen LogP contribution is 2.37. The number of nitrogens with zero attached hydrogens (tertiary/aromatic N) is 2. The van der Waals surface area contributed by atoms with Gasteiger partial charge in [-0.25, -0.2) is 9.48 Å². The third-order valence-corrected chi connectivity index (χ3v) is 4.88. The first-order chi connectivity index (χ1) is 13.2. The minimum Gasteiger partial charge on any atom is -0.494 e. The Bertz CT molecular complexity index is 991. The molecule has 0 atom stereocenters. The van der Waals surface area contributed by atoms with E-state index in [9.17, 15) is 9.90 Å². The molecule has 0 aliphatic heterocycles. The molecule has 27 heavy (non-hydrogen) atoms. The van der Waals surface area contributed by atoms with Crippen LogP contribution in [0.3, 0.4) is 0 Å². The van der Waals surface area contributed by atoms with Crippen molar-refractivity contribution in [1.29, 1.82) is 0 Å². The van der Waals surface area contributed by atoms with Crippen molar-refractivity contribution < 1.29 is 14.6 Å². The monoisotopic (exact) mass is 362 g/mol. The van der Waals surface area contributed by atoms with E-state index in [-0.39, 0.29) is 5.56 Å². The van der Waals surface area contributed by atoms with Crippen LogP contribution in [0.5, 0.6) is 5.75 Å². The van der Waals surface area contributed by atoms with Crippen LogP contribution in [0.25, 0.3) is 16.9 Å². The Morgan fingerprint density at radius 2 is 2.07 bits per heavy atom. The van der Waals surface area contributed by atoms with Crippen LogP contribution in [0.1, 0.15) is 47.7 Å². The minimum atomic E-state index is -0.937. The molecule has 5 nitrogen and oxygen atoms in total. The Morgan fingerprint density at radius 3 is 2.89 bits per heavy atom. The predicted octanol–water partition coefficient (Wildman–Crippen LogP) is 4.71.